The largest absolute Gasteiger partial charge is 0.307 e. The molecule has 1 aromatic heterocycles. The molecule has 0 radical (unpaired) electrons. The number of anilines is 1. The highest BCUT2D eigenvalue weighted by atomic mass is 79.9. The van der Waals surface area contributed by atoms with Gasteiger partial charge in [-0.1, -0.05) is 48.5 Å². The number of nitrogens with one attached hydrogen (secondary N) is 1. The lowest BCUT2D eigenvalue weighted by molar-refractivity contribution is 0.0992. The Morgan fingerprint density at radius 2 is 1.69 bits per heavy atom. The van der Waals surface area contributed by atoms with Crippen molar-refractivity contribution in [2.45, 2.75) is 11.3 Å². The SMILES string of the molecule is NS(=O)(=O)c1ccccc1-c1ccc(C(=O)Cc2ccc(F)cc2C(=O)Nc2ccc(Br)cn2)cc1. The summed E-state index contributed by atoms with van der Waals surface area (Å²) in [5, 5.41) is 7.92. The van der Waals surface area contributed by atoms with Crippen molar-refractivity contribution in [3.05, 3.63) is 112 Å². The topological polar surface area (TPSA) is 119 Å². The Morgan fingerprint density at radius 3 is 2.36 bits per heavy atom. The molecule has 0 aliphatic rings. The summed E-state index contributed by atoms with van der Waals surface area (Å²) in [6.07, 6.45) is 1.36. The summed E-state index contributed by atoms with van der Waals surface area (Å²) in [5.41, 5.74) is 1.70. The zero-order valence-corrected chi connectivity index (χ0v) is 21.0. The Morgan fingerprint density at radius 1 is 0.972 bits per heavy atom. The molecule has 36 heavy (non-hydrogen) atoms. The molecule has 3 aromatic carbocycles. The predicted octanol–water partition coefficient (Wildman–Crippen LogP) is 4.98. The second kappa shape index (κ2) is 10.5. The van der Waals surface area contributed by atoms with Gasteiger partial charge in [0.15, 0.2) is 5.78 Å². The summed E-state index contributed by atoms with van der Waals surface area (Å²) in [7, 11) is -3.93. The normalized spacial score (nSPS) is 11.2. The maximum Gasteiger partial charge on any atom is 0.257 e. The van der Waals surface area contributed by atoms with Gasteiger partial charge in [0.05, 0.1) is 4.90 Å². The predicted molar refractivity (Wildman–Crippen MR) is 138 cm³/mol. The number of sulfonamides is 1. The highest BCUT2D eigenvalue weighted by Crippen LogP contribution is 2.27. The maximum atomic E-state index is 13.9. The van der Waals surface area contributed by atoms with E-state index in [1.807, 2.05) is 0 Å². The lowest BCUT2D eigenvalue weighted by Gasteiger charge is -2.11. The van der Waals surface area contributed by atoms with Crippen LogP contribution < -0.4 is 10.5 Å². The first-order chi connectivity index (χ1) is 17.1. The van der Waals surface area contributed by atoms with Crippen LogP contribution in [0.25, 0.3) is 11.1 Å². The fourth-order valence-corrected chi connectivity index (χ4v) is 4.61. The minimum Gasteiger partial charge on any atom is -0.307 e. The summed E-state index contributed by atoms with van der Waals surface area (Å²) >= 11 is 3.26. The average Bonchev–Trinajstić information content (AvgIpc) is 2.86. The van der Waals surface area contributed by atoms with E-state index in [0.717, 1.165) is 10.5 Å². The van der Waals surface area contributed by atoms with E-state index in [2.05, 4.69) is 26.2 Å². The zero-order chi connectivity index (χ0) is 25.9. The molecule has 4 aromatic rings. The van der Waals surface area contributed by atoms with E-state index < -0.39 is 21.7 Å². The second-order valence-corrected chi connectivity index (χ2v) is 10.3. The number of ketones is 1. The Bertz CT molecular complexity index is 1560. The van der Waals surface area contributed by atoms with Crippen molar-refractivity contribution in [1.82, 2.24) is 4.98 Å². The third kappa shape index (κ3) is 5.91. The van der Waals surface area contributed by atoms with Crippen LogP contribution in [0.3, 0.4) is 0 Å². The number of nitrogens with two attached hydrogens (primary N) is 1. The second-order valence-electron chi connectivity index (χ2n) is 7.84. The molecule has 7 nitrogen and oxygen atoms in total. The lowest BCUT2D eigenvalue weighted by atomic mass is 9.96. The molecule has 4 rings (SSSR count). The summed E-state index contributed by atoms with van der Waals surface area (Å²) in [5.74, 6) is -1.23. The fourth-order valence-electron chi connectivity index (χ4n) is 3.61. The third-order valence-corrected chi connectivity index (χ3v) is 6.79. The van der Waals surface area contributed by atoms with Gasteiger partial charge in [-0.15, -0.1) is 0 Å². The molecule has 0 atom stereocenters. The highest BCUT2D eigenvalue weighted by molar-refractivity contribution is 9.10. The van der Waals surface area contributed by atoms with Gasteiger partial charge < -0.3 is 5.32 Å². The van der Waals surface area contributed by atoms with Crippen LogP contribution in [0.1, 0.15) is 26.3 Å². The smallest absolute Gasteiger partial charge is 0.257 e. The van der Waals surface area contributed by atoms with Gasteiger partial charge in [-0.05, 0) is 57.4 Å². The molecule has 10 heteroatoms. The fraction of sp³-hybridized carbons (Fsp3) is 0.0385. The number of carbonyl (C=O) groups is 2. The molecule has 1 heterocycles. The molecule has 0 saturated heterocycles. The summed E-state index contributed by atoms with van der Waals surface area (Å²) in [4.78, 5) is 29.8. The number of hydrogen-bond donors (Lipinski definition) is 2. The van der Waals surface area contributed by atoms with E-state index in [4.69, 9.17) is 5.14 Å². The quantitative estimate of drug-likeness (QED) is 0.305. The van der Waals surface area contributed by atoms with E-state index in [9.17, 15) is 22.4 Å². The number of aromatic nitrogens is 1. The van der Waals surface area contributed by atoms with Crippen LogP contribution in [0.5, 0.6) is 0 Å². The van der Waals surface area contributed by atoms with Gasteiger partial charge in [0.2, 0.25) is 10.0 Å². The first kappa shape index (κ1) is 25.4. The minimum atomic E-state index is -3.93. The van der Waals surface area contributed by atoms with Gasteiger partial charge >= 0.3 is 0 Å². The number of benzene rings is 3. The standard InChI is InChI=1S/C26H19BrFN3O4S/c27-19-10-12-25(30-15-19)31-26(33)22-14-20(28)11-9-18(22)13-23(32)17-7-5-16(6-8-17)21-3-1-2-4-24(21)36(29,34)35/h1-12,14-15H,13H2,(H2,29,34,35)(H,30,31,33). The van der Waals surface area contributed by atoms with Crippen LogP contribution in [-0.4, -0.2) is 25.1 Å². The molecule has 0 saturated carbocycles. The number of pyridine rings is 1. The Labute approximate surface area is 215 Å². The van der Waals surface area contributed by atoms with Crippen LogP contribution in [0.4, 0.5) is 10.2 Å². The van der Waals surface area contributed by atoms with Gasteiger partial charge in [-0.2, -0.15) is 0 Å². The van der Waals surface area contributed by atoms with Crippen molar-refractivity contribution >= 4 is 43.5 Å². The van der Waals surface area contributed by atoms with E-state index in [0.29, 0.717) is 22.3 Å². The van der Waals surface area contributed by atoms with Crippen LogP contribution in [0, 0.1) is 5.82 Å². The monoisotopic (exact) mass is 567 g/mol. The van der Waals surface area contributed by atoms with Gasteiger partial charge in [0.1, 0.15) is 11.6 Å². The lowest BCUT2D eigenvalue weighted by Crippen LogP contribution is -2.17. The molecule has 182 valence electrons. The number of rotatable bonds is 7. The van der Waals surface area contributed by atoms with E-state index in [1.165, 1.54) is 24.4 Å². The number of primary sulfonamides is 1. The average molecular weight is 568 g/mol. The molecule has 0 spiro atoms. The van der Waals surface area contributed by atoms with Gasteiger partial charge in [0, 0.05) is 33.8 Å². The van der Waals surface area contributed by atoms with Gasteiger partial charge in [-0.25, -0.2) is 22.9 Å². The summed E-state index contributed by atoms with van der Waals surface area (Å²) < 4.78 is 38.5. The molecule has 0 aliphatic carbocycles. The van der Waals surface area contributed by atoms with Crippen molar-refractivity contribution < 1.29 is 22.4 Å². The van der Waals surface area contributed by atoms with Crippen molar-refractivity contribution in [2.75, 3.05) is 5.32 Å². The van der Waals surface area contributed by atoms with Crippen LogP contribution in [-0.2, 0) is 16.4 Å². The molecular formula is C26H19BrFN3O4S. The van der Waals surface area contributed by atoms with Crippen molar-refractivity contribution in [2.24, 2.45) is 5.14 Å². The van der Waals surface area contributed by atoms with Crippen molar-refractivity contribution in [3.63, 3.8) is 0 Å². The molecule has 0 aliphatic heterocycles. The Hall–Kier alpha value is -3.73. The number of Topliss-reactive ketones (excluding diaryl/α,β-unsaturated/α-hetero) is 1. The molecule has 0 bridgehead atoms. The van der Waals surface area contributed by atoms with Crippen LogP contribution in [0.15, 0.2) is 94.4 Å². The van der Waals surface area contributed by atoms with Crippen LogP contribution in [0.2, 0.25) is 0 Å². The highest BCUT2D eigenvalue weighted by Gasteiger charge is 2.18. The van der Waals surface area contributed by atoms with Crippen molar-refractivity contribution in [3.8, 4) is 11.1 Å². The van der Waals surface area contributed by atoms with E-state index in [1.54, 1.807) is 54.6 Å². The van der Waals surface area contributed by atoms with E-state index >= 15 is 0 Å². The molecule has 0 unspecified atom stereocenters. The Kier molecular flexibility index (Phi) is 7.39. The molecular weight excluding hydrogens is 549 g/mol. The number of carbonyl (C=O) groups excluding carboxylic acids is 2. The number of hydrogen-bond acceptors (Lipinski definition) is 5. The van der Waals surface area contributed by atoms with Gasteiger partial charge in [0.25, 0.3) is 5.91 Å². The van der Waals surface area contributed by atoms with Crippen molar-refractivity contribution in [1.29, 1.82) is 0 Å². The zero-order valence-electron chi connectivity index (χ0n) is 18.6. The first-order valence-corrected chi connectivity index (χ1v) is 12.9. The summed E-state index contributed by atoms with van der Waals surface area (Å²) in [6.45, 7) is 0. The maximum absolute atomic E-state index is 13.9. The molecule has 0 fully saturated rings. The third-order valence-electron chi connectivity index (χ3n) is 5.35. The minimum absolute atomic E-state index is 0.0202. The van der Waals surface area contributed by atoms with Crippen LogP contribution >= 0.6 is 15.9 Å². The summed E-state index contributed by atoms with van der Waals surface area (Å²) in [6, 6.07) is 19.6. The number of nitrogens with zero attached hydrogens (tertiary/aromatic N) is 1. The Balaban J connectivity index is 1.56. The first-order valence-electron chi connectivity index (χ1n) is 10.6. The van der Waals surface area contributed by atoms with Gasteiger partial charge in [-0.3, -0.25) is 9.59 Å². The molecule has 3 N–H and O–H groups in total. The number of amides is 1. The molecule has 1 amide bonds. The number of halogens is 2. The van der Waals surface area contributed by atoms with E-state index in [-0.39, 0.29) is 28.5 Å².